The largest absolute Gasteiger partial charge is 0.545 e. The maximum Gasteiger partial charge on any atom is 0.100 e. The zero-order valence-corrected chi connectivity index (χ0v) is 11.0. The van der Waals surface area contributed by atoms with Crippen LogP contribution in [0.4, 0.5) is 0 Å². The number of fused-ring (bicyclic) bond motifs is 1. The van der Waals surface area contributed by atoms with Gasteiger partial charge < -0.3 is 9.90 Å². The Hall–Kier alpha value is -2.62. The van der Waals surface area contributed by atoms with Crippen molar-refractivity contribution in [1.29, 1.82) is 0 Å². The van der Waals surface area contributed by atoms with E-state index in [1.807, 2.05) is 22.8 Å². The highest BCUT2D eigenvalue weighted by molar-refractivity contribution is 5.91. The van der Waals surface area contributed by atoms with Crippen molar-refractivity contribution in [3.63, 3.8) is 0 Å². The third-order valence-electron chi connectivity index (χ3n) is 3.41. The van der Waals surface area contributed by atoms with E-state index in [0.29, 0.717) is 5.52 Å². The number of aromatic carboxylic acids is 1. The van der Waals surface area contributed by atoms with Crippen LogP contribution in [-0.2, 0) is 6.42 Å². The molecule has 1 heterocycles. The summed E-state index contributed by atoms with van der Waals surface area (Å²) in [6.07, 6.45) is 2.64. The molecule has 20 heavy (non-hydrogen) atoms. The predicted molar refractivity (Wildman–Crippen MR) is 74.8 cm³/mol. The van der Waals surface area contributed by atoms with E-state index >= 15 is 0 Å². The number of benzene rings is 2. The minimum absolute atomic E-state index is 0.145. The number of hydrogen-bond acceptors (Lipinski definition) is 3. The molecule has 0 bridgehead atoms. The van der Waals surface area contributed by atoms with Crippen LogP contribution in [0.2, 0.25) is 0 Å². The number of aromatic nitrogens is 2. The van der Waals surface area contributed by atoms with E-state index in [-0.39, 0.29) is 5.56 Å². The normalized spacial score (nSPS) is 10.8. The number of carbonyl (C=O) groups is 1. The standard InChI is InChI=1S/C16H14N2O2/c1-2-11-5-3-4-6-14(11)18-10-17-13-9-12(16(19)20)7-8-15(13)18/h3-10H,2H2,1H3,(H,19,20)/p-1. The minimum Gasteiger partial charge on any atom is -0.545 e. The molecule has 4 nitrogen and oxygen atoms in total. The lowest BCUT2D eigenvalue weighted by Gasteiger charge is -2.10. The summed E-state index contributed by atoms with van der Waals surface area (Å²) < 4.78 is 1.98. The van der Waals surface area contributed by atoms with Gasteiger partial charge in [0.15, 0.2) is 0 Å². The molecule has 0 aliphatic carbocycles. The Morgan fingerprint density at radius 3 is 2.80 bits per heavy atom. The Bertz CT molecular complexity index is 790. The number of carboxylic acids is 1. The summed E-state index contributed by atoms with van der Waals surface area (Å²) in [5.41, 5.74) is 3.97. The van der Waals surface area contributed by atoms with E-state index in [1.54, 1.807) is 18.5 Å². The van der Waals surface area contributed by atoms with Crippen LogP contribution >= 0.6 is 0 Å². The molecule has 0 unspecified atom stereocenters. The van der Waals surface area contributed by atoms with Crippen LogP contribution in [0.5, 0.6) is 0 Å². The van der Waals surface area contributed by atoms with Gasteiger partial charge in [0.1, 0.15) is 6.33 Å². The number of nitrogens with zero attached hydrogens (tertiary/aromatic N) is 2. The second kappa shape index (κ2) is 4.81. The number of rotatable bonds is 3. The summed E-state index contributed by atoms with van der Waals surface area (Å²) >= 11 is 0. The average molecular weight is 265 g/mol. The highest BCUT2D eigenvalue weighted by Crippen LogP contribution is 2.22. The van der Waals surface area contributed by atoms with E-state index in [2.05, 4.69) is 18.0 Å². The topological polar surface area (TPSA) is 58.0 Å². The summed E-state index contributed by atoms with van der Waals surface area (Å²) in [4.78, 5) is 15.2. The molecule has 1 aromatic heterocycles. The zero-order valence-electron chi connectivity index (χ0n) is 11.0. The van der Waals surface area contributed by atoms with Gasteiger partial charge in [-0.2, -0.15) is 0 Å². The van der Waals surface area contributed by atoms with Crippen molar-refractivity contribution in [1.82, 2.24) is 9.55 Å². The molecule has 0 fully saturated rings. The lowest BCUT2D eigenvalue weighted by atomic mass is 10.1. The lowest BCUT2D eigenvalue weighted by molar-refractivity contribution is -0.255. The average Bonchev–Trinajstić information content (AvgIpc) is 2.89. The summed E-state index contributed by atoms with van der Waals surface area (Å²) in [5.74, 6) is -1.18. The SMILES string of the molecule is CCc1ccccc1-n1cnc2cc(C(=O)[O-])ccc21. The maximum absolute atomic E-state index is 10.9. The number of para-hydroxylation sites is 1. The zero-order chi connectivity index (χ0) is 14.1. The molecule has 4 heteroatoms. The molecule has 0 N–H and O–H groups in total. The van der Waals surface area contributed by atoms with Crippen LogP contribution < -0.4 is 5.11 Å². The van der Waals surface area contributed by atoms with Gasteiger partial charge in [-0.3, -0.25) is 4.57 Å². The van der Waals surface area contributed by atoms with Gasteiger partial charge in [-0.15, -0.1) is 0 Å². The Morgan fingerprint density at radius 1 is 1.25 bits per heavy atom. The molecule has 0 saturated heterocycles. The quantitative estimate of drug-likeness (QED) is 0.727. The smallest absolute Gasteiger partial charge is 0.100 e. The molecule has 0 aliphatic heterocycles. The van der Waals surface area contributed by atoms with Crippen LogP contribution in [0.1, 0.15) is 22.8 Å². The fraction of sp³-hybridized carbons (Fsp3) is 0.125. The van der Waals surface area contributed by atoms with Crippen molar-refractivity contribution >= 4 is 17.0 Å². The van der Waals surface area contributed by atoms with E-state index < -0.39 is 5.97 Å². The molecule has 0 spiro atoms. The van der Waals surface area contributed by atoms with E-state index in [4.69, 9.17) is 0 Å². The molecular weight excluding hydrogens is 252 g/mol. The number of imidazole rings is 1. The fourth-order valence-electron chi connectivity index (χ4n) is 2.38. The number of carbonyl (C=O) groups excluding carboxylic acids is 1. The predicted octanol–water partition coefficient (Wildman–Crippen LogP) is 1.95. The second-order valence-corrected chi connectivity index (χ2v) is 4.59. The monoisotopic (exact) mass is 265 g/mol. The first-order valence-electron chi connectivity index (χ1n) is 6.47. The molecule has 0 atom stereocenters. The minimum atomic E-state index is -1.18. The molecular formula is C16H13N2O2-. The summed E-state index contributed by atoms with van der Waals surface area (Å²) in [5, 5.41) is 10.9. The summed E-state index contributed by atoms with van der Waals surface area (Å²) in [6, 6.07) is 13.0. The number of hydrogen-bond donors (Lipinski definition) is 0. The van der Waals surface area contributed by atoms with E-state index in [9.17, 15) is 9.90 Å². The fourth-order valence-corrected chi connectivity index (χ4v) is 2.38. The van der Waals surface area contributed by atoms with Gasteiger partial charge in [0.05, 0.1) is 22.7 Å². The van der Waals surface area contributed by atoms with Crippen molar-refractivity contribution in [2.24, 2.45) is 0 Å². The van der Waals surface area contributed by atoms with Crippen LogP contribution in [0, 0.1) is 0 Å². The van der Waals surface area contributed by atoms with Gasteiger partial charge in [0, 0.05) is 0 Å². The molecule has 3 aromatic rings. The van der Waals surface area contributed by atoms with Crippen molar-refractivity contribution in [2.75, 3.05) is 0 Å². The van der Waals surface area contributed by atoms with Crippen LogP contribution in [0.15, 0.2) is 48.8 Å². The second-order valence-electron chi connectivity index (χ2n) is 4.59. The molecule has 0 aliphatic rings. The maximum atomic E-state index is 10.9. The third-order valence-corrected chi connectivity index (χ3v) is 3.41. The first-order valence-corrected chi connectivity index (χ1v) is 6.47. The number of carboxylic acid groups (broad SMARTS) is 1. The Kier molecular flexibility index (Phi) is 2.99. The number of aryl methyl sites for hydroxylation is 1. The highest BCUT2D eigenvalue weighted by atomic mass is 16.4. The Labute approximate surface area is 116 Å². The molecule has 0 radical (unpaired) electrons. The lowest BCUT2D eigenvalue weighted by Crippen LogP contribution is -2.21. The van der Waals surface area contributed by atoms with Gasteiger partial charge >= 0.3 is 0 Å². The first-order chi connectivity index (χ1) is 9.70. The van der Waals surface area contributed by atoms with Crippen molar-refractivity contribution in [2.45, 2.75) is 13.3 Å². The molecule has 100 valence electrons. The van der Waals surface area contributed by atoms with Gasteiger partial charge in [-0.1, -0.05) is 31.2 Å². The first kappa shape index (κ1) is 12.4. The molecule has 2 aromatic carbocycles. The van der Waals surface area contributed by atoms with Crippen molar-refractivity contribution in [3.05, 3.63) is 59.9 Å². The van der Waals surface area contributed by atoms with Gasteiger partial charge in [-0.05, 0) is 35.7 Å². The molecule has 0 amide bonds. The summed E-state index contributed by atoms with van der Waals surface area (Å²) in [6.45, 7) is 2.10. The highest BCUT2D eigenvalue weighted by Gasteiger charge is 2.08. The Morgan fingerprint density at radius 2 is 2.05 bits per heavy atom. The van der Waals surface area contributed by atoms with E-state index in [0.717, 1.165) is 17.6 Å². The van der Waals surface area contributed by atoms with Crippen molar-refractivity contribution in [3.8, 4) is 5.69 Å². The van der Waals surface area contributed by atoms with E-state index in [1.165, 1.54) is 11.6 Å². The van der Waals surface area contributed by atoms with Crippen LogP contribution in [0.25, 0.3) is 16.7 Å². The van der Waals surface area contributed by atoms with Gasteiger partial charge in [-0.25, -0.2) is 4.98 Å². The van der Waals surface area contributed by atoms with Gasteiger partial charge in [0.2, 0.25) is 0 Å². The van der Waals surface area contributed by atoms with Crippen molar-refractivity contribution < 1.29 is 9.90 Å². The summed E-state index contributed by atoms with van der Waals surface area (Å²) in [7, 11) is 0. The van der Waals surface area contributed by atoms with Crippen LogP contribution in [-0.4, -0.2) is 15.5 Å². The van der Waals surface area contributed by atoms with Gasteiger partial charge in [0.25, 0.3) is 0 Å². The van der Waals surface area contributed by atoms with Crippen LogP contribution in [0.3, 0.4) is 0 Å². The molecule has 0 saturated carbocycles. The third kappa shape index (κ3) is 1.95. The Balaban J connectivity index is 2.20. The molecule has 3 rings (SSSR count).